The van der Waals surface area contributed by atoms with Crippen LogP contribution >= 0.6 is 11.6 Å². The van der Waals surface area contributed by atoms with Gasteiger partial charge in [-0.1, -0.05) is 18.5 Å². The zero-order chi connectivity index (χ0) is 20.1. The predicted octanol–water partition coefficient (Wildman–Crippen LogP) is 4.12. The minimum atomic E-state index is -1.64. The molecule has 0 radical (unpaired) electrons. The van der Waals surface area contributed by atoms with E-state index < -0.39 is 23.1 Å². The molecule has 1 aromatic carbocycles. The van der Waals surface area contributed by atoms with Crippen LogP contribution in [-0.4, -0.2) is 37.5 Å². The summed E-state index contributed by atoms with van der Waals surface area (Å²) in [4.78, 5) is 26.5. The average molecular weight is 407 g/mol. The highest BCUT2D eigenvalue weighted by Crippen LogP contribution is 2.53. The van der Waals surface area contributed by atoms with Crippen LogP contribution < -0.4 is 14.2 Å². The van der Waals surface area contributed by atoms with Crippen molar-refractivity contribution < 1.29 is 28.5 Å². The lowest BCUT2D eigenvalue weighted by molar-refractivity contribution is -0.130. The molecule has 0 aromatic heterocycles. The van der Waals surface area contributed by atoms with Crippen molar-refractivity contribution in [2.24, 2.45) is 5.92 Å². The topological polar surface area (TPSA) is 71.1 Å². The Labute approximate surface area is 168 Å². The lowest BCUT2D eigenvalue weighted by Crippen LogP contribution is -2.55. The number of halogens is 1. The molecule has 1 saturated carbocycles. The van der Waals surface area contributed by atoms with Crippen LogP contribution in [0.15, 0.2) is 17.9 Å². The zero-order valence-electron chi connectivity index (χ0n) is 16.2. The Hall–Kier alpha value is -2.21. The molecule has 2 aliphatic carbocycles. The number of Topliss-reactive ketones (excluding diaryl/α,β-unsaturated/α-hetero) is 1. The molecule has 2 atom stereocenters. The summed E-state index contributed by atoms with van der Waals surface area (Å²) >= 11 is 6.38. The van der Waals surface area contributed by atoms with E-state index in [1.165, 1.54) is 26.4 Å². The molecule has 0 unspecified atom stereocenters. The normalized spacial score (nSPS) is 26.9. The van der Waals surface area contributed by atoms with Gasteiger partial charge >= 0.3 is 0 Å². The van der Waals surface area contributed by atoms with E-state index in [0.717, 1.165) is 25.7 Å². The van der Waals surface area contributed by atoms with Crippen molar-refractivity contribution in [2.75, 3.05) is 14.2 Å². The quantitative estimate of drug-likeness (QED) is 0.700. The Morgan fingerprint density at radius 1 is 1.14 bits per heavy atom. The third-order valence-electron chi connectivity index (χ3n) is 5.90. The van der Waals surface area contributed by atoms with E-state index in [-0.39, 0.29) is 28.2 Å². The Kier molecular flexibility index (Phi) is 4.78. The van der Waals surface area contributed by atoms with Gasteiger partial charge in [0, 0.05) is 24.5 Å². The number of rotatable bonds is 4. The number of benzene rings is 1. The summed E-state index contributed by atoms with van der Waals surface area (Å²) in [5.41, 5.74) is -1.46. The van der Waals surface area contributed by atoms with Crippen LogP contribution in [0, 0.1) is 5.92 Å². The number of allylic oxidation sites excluding steroid dienone is 1. The van der Waals surface area contributed by atoms with E-state index in [0.29, 0.717) is 17.9 Å². The molecule has 0 amide bonds. The summed E-state index contributed by atoms with van der Waals surface area (Å²) in [6, 6.07) is 1.53. The van der Waals surface area contributed by atoms with Gasteiger partial charge in [-0.05, 0) is 25.7 Å². The predicted molar refractivity (Wildman–Crippen MR) is 102 cm³/mol. The minimum Gasteiger partial charge on any atom is -0.496 e. The first-order valence-electron chi connectivity index (χ1n) is 9.52. The zero-order valence-corrected chi connectivity index (χ0v) is 16.9. The Balaban J connectivity index is 1.72. The van der Waals surface area contributed by atoms with E-state index in [4.69, 9.17) is 30.5 Å². The van der Waals surface area contributed by atoms with Crippen LogP contribution in [0.5, 0.6) is 17.2 Å². The molecule has 0 saturated heterocycles. The van der Waals surface area contributed by atoms with Crippen LogP contribution in [-0.2, 0) is 9.53 Å². The minimum absolute atomic E-state index is 0.136. The van der Waals surface area contributed by atoms with Gasteiger partial charge in [0.05, 0.1) is 20.3 Å². The van der Waals surface area contributed by atoms with E-state index in [1.54, 1.807) is 0 Å². The van der Waals surface area contributed by atoms with Gasteiger partial charge in [-0.25, -0.2) is 0 Å². The summed E-state index contributed by atoms with van der Waals surface area (Å²) in [6.07, 6.45) is 6.29. The van der Waals surface area contributed by atoms with Crippen molar-refractivity contribution in [2.45, 2.75) is 50.7 Å². The van der Waals surface area contributed by atoms with Crippen molar-refractivity contribution in [3.8, 4) is 17.2 Å². The fourth-order valence-electron chi connectivity index (χ4n) is 4.39. The molecule has 1 spiro atoms. The van der Waals surface area contributed by atoms with Crippen LogP contribution in [0.4, 0.5) is 0 Å². The Bertz CT molecular complexity index is 870. The van der Waals surface area contributed by atoms with Crippen molar-refractivity contribution in [1.29, 1.82) is 0 Å². The standard InChI is InChI=1S/C21H23ClO6/c1-11-8-13(27-12-6-4-5-7-12)9-16(23)21(11)20(24)17-14(25-2)10-15(26-3)18(22)19(17)28-21/h9-12H,4-8H2,1-3H3/t11-,21+/m1/s1. The highest BCUT2D eigenvalue weighted by Gasteiger charge is 2.60. The number of ketones is 2. The number of hydrogen-bond donors (Lipinski definition) is 0. The number of carbonyl (C=O) groups is 2. The summed E-state index contributed by atoms with van der Waals surface area (Å²) in [5, 5.41) is 0.153. The van der Waals surface area contributed by atoms with Gasteiger partial charge in [-0.2, -0.15) is 0 Å². The third kappa shape index (κ3) is 2.69. The first-order chi connectivity index (χ1) is 13.4. The number of methoxy groups -OCH3 is 2. The van der Waals surface area contributed by atoms with Gasteiger partial charge < -0.3 is 18.9 Å². The van der Waals surface area contributed by atoms with Crippen LogP contribution in [0.3, 0.4) is 0 Å². The fraction of sp³-hybridized carbons (Fsp3) is 0.524. The molecule has 0 bridgehead atoms. The molecule has 1 aliphatic heterocycles. The molecule has 7 heteroatoms. The summed E-state index contributed by atoms with van der Waals surface area (Å²) in [5.74, 6) is 0.0896. The van der Waals surface area contributed by atoms with Gasteiger partial charge in [0.15, 0.2) is 5.75 Å². The van der Waals surface area contributed by atoms with Crippen LogP contribution in [0.25, 0.3) is 0 Å². The van der Waals surface area contributed by atoms with E-state index in [1.807, 2.05) is 6.92 Å². The van der Waals surface area contributed by atoms with Crippen molar-refractivity contribution >= 4 is 23.2 Å². The number of fused-ring (bicyclic) bond motifs is 1. The molecular formula is C21H23ClO6. The fourth-order valence-corrected chi connectivity index (χ4v) is 4.66. The monoisotopic (exact) mass is 406 g/mol. The Morgan fingerprint density at radius 2 is 1.82 bits per heavy atom. The van der Waals surface area contributed by atoms with Gasteiger partial charge in [-0.15, -0.1) is 0 Å². The third-order valence-corrected chi connectivity index (χ3v) is 6.26. The molecule has 3 aliphatic rings. The molecule has 0 N–H and O–H groups in total. The second kappa shape index (κ2) is 6.99. The maximum atomic E-state index is 13.4. The molecule has 150 valence electrons. The maximum absolute atomic E-state index is 13.4. The van der Waals surface area contributed by atoms with Crippen molar-refractivity contribution in [3.63, 3.8) is 0 Å². The number of hydrogen-bond acceptors (Lipinski definition) is 6. The second-order valence-corrected chi connectivity index (χ2v) is 7.95. The van der Waals surface area contributed by atoms with Crippen LogP contribution in [0.2, 0.25) is 5.02 Å². The summed E-state index contributed by atoms with van der Waals surface area (Å²) in [6.45, 7) is 1.82. The number of carbonyl (C=O) groups excluding carboxylic acids is 2. The van der Waals surface area contributed by atoms with Crippen molar-refractivity contribution in [1.82, 2.24) is 0 Å². The SMILES string of the molecule is COc1cc(OC)c2c(c1Cl)O[C@@]1(C(=O)C=C(OC3CCCC3)C[C@H]1C)C2=O. The summed E-state index contributed by atoms with van der Waals surface area (Å²) in [7, 11) is 2.91. The smallest absolute Gasteiger partial charge is 0.236 e. The molecule has 1 aromatic rings. The van der Waals surface area contributed by atoms with E-state index in [9.17, 15) is 9.59 Å². The van der Waals surface area contributed by atoms with Gasteiger partial charge in [0.1, 0.15) is 27.8 Å². The van der Waals surface area contributed by atoms with Crippen LogP contribution in [0.1, 0.15) is 49.4 Å². The van der Waals surface area contributed by atoms with Gasteiger partial charge in [0.2, 0.25) is 17.2 Å². The molecule has 6 nitrogen and oxygen atoms in total. The summed E-state index contributed by atoms with van der Waals surface area (Å²) < 4.78 is 22.6. The van der Waals surface area contributed by atoms with Crippen molar-refractivity contribution in [3.05, 3.63) is 28.5 Å². The maximum Gasteiger partial charge on any atom is 0.236 e. The van der Waals surface area contributed by atoms with Gasteiger partial charge in [-0.3, -0.25) is 9.59 Å². The molecular weight excluding hydrogens is 384 g/mol. The molecule has 4 rings (SSSR count). The lowest BCUT2D eigenvalue weighted by atomic mass is 9.74. The molecule has 28 heavy (non-hydrogen) atoms. The second-order valence-electron chi connectivity index (χ2n) is 7.57. The van der Waals surface area contributed by atoms with E-state index >= 15 is 0 Å². The number of ether oxygens (including phenoxy) is 4. The first kappa shape index (κ1) is 19.1. The highest BCUT2D eigenvalue weighted by molar-refractivity contribution is 6.36. The van der Waals surface area contributed by atoms with Gasteiger partial charge in [0.25, 0.3) is 0 Å². The Morgan fingerprint density at radius 3 is 2.43 bits per heavy atom. The molecule has 1 fully saturated rings. The first-order valence-corrected chi connectivity index (χ1v) is 9.90. The van der Waals surface area contributed by atoms with E-state index in [2.05, 4.69) is 0 Å². The average Bonchev–Trinajstić information content (AvgIpc) is 3.28. The highest BCUT2D eigenvalue weighted by atomic mass is 35.5. The lowest BCUT2D eigenvalue weighted by Gasteiger charge is -2.35. The largest absolute Gasteiger partial charge is 0.496 e. The molecule has 1 heterocycles.